The van der Waals surface area contributed by atoms with Gasteiger partial charge in [0.05, 0.1) is 5.69 Å². The van der Waals surface area contributed by atoms with Gasteiger partial charge in [-0.25, -0.2) is 20.2 Å². The number of aryl methyl sites for hydroxylation is 1. The SMILES string of the molecule is CCc1nc(NN)c(C)c(Nc2ccc(Cl)cc2F)n1. The third kappa shape index (κ3) is 2.97. The second kappa shape index (κ2) is 6.02. The molecule has 0 amide bonds. The topological polar surface area (TPSA) is 75.9 Å². The number of hydrogen-bond donors (Lipinski definition) is 3. The van der Waals surface area contributed by atoms with Crippen LogP contribution in [0.3, 0.4) is 0 Å². The monoisotopic (exact) mass is 295 g/mol. The van der Waals surface area contributed by atoms with E-state index in [-0.39, 0.29) is 0 Å². The second-order valence-electron chi connectivity index (χ2n) is 4.21. The average molecular weight is 296 g/mol. The highest BCUT2D eigenvalue weighted by atomic mass is 35.5. The summed E-state index contributed by atoms with van der Waals surface area (Å²) in [5.41, 5.74) is 3.51. The number of halogens is 2. The number of hydrazine groups is 1. The fourth-order valence-electron chi connectivity index (χ4n) is 1.70. The van der Waals surface area contributed by atoms with E-state index in [1.54, 1.807) is 19.1 Å². The highest BCUT2D eigenvalue weighted by molar-refractivity contribution is 6.30. The minimum atomic E-state index is -0.448. The molecular weight excluding hydrogens is 281 g/mol. The lowest BCUT2D eigenvalue weighted by Crippen LogP contribution is -2.14. The molecule has 5 nitrogen and oxygen atoms in total. The van der Waals surface area contributed by atoms with Crippen LogP contribution in [-0.2, 0) is 6.42 Å². The molecule has 20 heavy (non-hydrogen) atoms. The summed E-state index contributed by atoms with van der Waals surface area (Å²) >= 11 is 5.73. The van der Waals surface area contributed by atoms with Gasteiger partial charge in [-0.15, -0.1) is 0 Å². The molecule has 1 aromatic heterocycles. The van der Waals surface area contributed by atoms with Crippen molar-refractivity contribution in [3.05, 3.63) is 40.4 Å². The van der Waals surface area contributed by atoms with E-state index in [1.807, 2.05) is 6.92 Å². The molecule has 0 aliphatic rings. The van der Waals surface area contributed by atoms with Gasteiger partial charge in [-0.2, -0.15) is 0 Å². The van der Waals surface area contributed by atoms with Crippen molar-refractivity contribution in [3.8, 4) is 0 Å². The van der Waals surface area contributed by atoms with E-state index < -0.39 is 5.82 Å². The Hall–Kier alpha value is -1.92. The number of benzene rings is 1. The summed E-state index contributed by atoms with van der Waals surface area (Å²) in [5, 5.41) is 3.28. The van der Waals surface area contributed by atoms with Gasteiger partial charge in [-0.05, 0) is 25.1 Å². The molecule has 1 heterocycles. The molecule has 0 radical (unpaired) electrons. The molecule has 0 atom stereocenters. The van der Waals surface area contributed by atoms with Crippen LogP contribution in [0.5, 0.6) is 0 Å². The van der Waals surface area contributed by atoms with Gasteiger partial charge in [0.15, 0.2) is 0 Å². The first-order valence-electron chi connectivity index (χ1n) is 6.11. The van der Waals surface area contributed by atoms with Crippen LogP contribution in [0.25, 0.3) is 0 Å². The maximum Gasteiger partial charge on any atom is 0.148 e. The standard InChI is InChI=1S/C13H15ClFN5/c1-3-11-18-12(7(2)13(19-11)20-16)17-10-5-4-8(14)6-9(10)15/h4-6H,3,16H2,1-2H3,(H2,17,18,19,20). The Morgan fingerprint density at radius 2 is 2.00 bits per heavy atom. The van der Waals surface area contributed by atoms with Crippen molar-refractivity contribution < 1.29 is 4.39 Å². The summed E-state index contributed by atoms with van der Waals surface area (Å²) in [7, 11) is 0. The lowest BCUT2D eigenvalue weighted by molar-refractivity contribution is 0.632. The highest BCUT2D eigenvalue weighted by Gasteiger charge is 2.11. The van der Waals surface area contributed by atoms with Crippen LogP contribution in [0.1, 0.15) is 18.3 Å². The first-order valence-corrected chi connectivity index (χ1v) is 6.49. The highest BCUT2D eigenvalue weighted by Crippen LogP contribution is 2.26. The molecule has 0 bridgehead atoms. The molecule has 106 valence electrons. The minimum absolute atomic E-state index is 0.293. The van der Waals surface area contributed by atoms with E-state index in [4.69, 9.17) is 17.4 Å². The summed E-state index contributed by atoms with van der Waals surface area (Å²) in [6.45, 7) is 3.72. The van der Waals surface area contributed by atoms with Gasteiger partial charge in [-0.3, -0.25) is 0 Å². The molecule has 4 N–H and O–H groups in total. The molecule has 0 fully saturated rings. The average Bonchev–Trinajstić information content (AvgIpc) is 2.43. The van der Waals surface area contributed by atoms with Crippen molar-refractivity contribution in [1.82, 2.24) is 9.97 Å². The Morgan fingerprint density at radius 3 is 2.60 bits per heavy atom. The van der Waals surface area contributed by atoms with Crippen molar-refractivity contribution in [2.75, 3.05) is 10.7 Å². The van der Waals surface area contributed by atoms with Gasteiger partial charge in [0.25, 0.3) is 0 Å². The molecule has 0 unspecified atom stereocenters. The fourth-order valence-corrected chi connectivity index (χ4v) is 1.86. The smallest absolute Gasteiger partial charge is 0.148 e. The van der Waals surface area contributed by atoms with E-state index in [0.29, 0.717) is 40.2 Å². The number of nitrogens with two attached hydrogens (primary N) is 1. The molecule has 2 aromatic rings. The van der Waals surface area contributed by atoms with Crippen molar-refractivity contribution in [2.24, 2.45) is 5.84 Å². The van der Waals surface area contributed by atoms with Gasteiger partial charge in [0.1, 0.15) is 23.3 Å². The zero-order valence-electron chi connectivity index (χ0n) is 11.2. The van der Waals surface area contributed by atoms with Crippen LogP contribution >= 0.6 is 11.6 Å². The molecule has 7 heteroatoms. The van der Waals surface area contributed by atoms with Gasteiger partial charge in [0.2, 0.25) is 0 Å². The van der Waals surface area contributed by atoms with Gasteiger partial charge in [-0.1, -0.05) is 18.5 Å². The van der Waals surface area contributed by atoms with Crippen LogP contribution in [0.4, 0.5) is 21.7 Å². The number of hydrogen-bond acceptors (Lipinski definition) is 5. The van der Waals surface area contributed by atoms with E-state index in [0.717, 1.165) is 0 Å². The number of nitrogens with one attached hydrogen (secondary N) is 2. The lowest BCUT2D eigenvalue weighted by Gasteiger charge is -2.13. The second-order valence-corrected chi connectivity index (χ2v) is 4.65. The van der Waals surface area contributed by atoms with Gasteiger partial charge in [0, 0.05) is 17.0 Å². The molecular formula is C13H15ClFN5. The van der Waals surface area contributed by atoms with Crippen LogP contribution in [0.15, 0.2) is 18.2 Å². The van der Waals surface area contributed by atoms with Crippen LogP contribution < -0.4 is 16.6 Å². The summed E-state index contributed by atoms with van der Waals surface area (Å²) < 4.78 is 13.8. The number of rotatable bonds is 4. The Morgan fingerprint density at radius 1 is 1.30 bits per heavy atom. The summed E-state index contributed by atoms with van der Waals surface area (Å²) in [5.74, 6) is 6.60. The normalized spacial score (nSPS) is 10.4. The zero-order chi connectivity index (χ0) is 14.7. The van der Waals surface area contributed by atoms with E-state index in [1.165, 1.54) is 6.07 Å². The van der Waals surface area contributed by atoms with E-state index in [9.17, 15) is 4.39 Å². The Balaban J connectivity index is 2.42. The number of nitrogen functional groups attached to an aromatic ring is 1. The molecule has 2 rings (SSSR count). The minimum Gasteiger partial charge on any atom is -0.337 e. The van der Waals surface area contributed by atoms with Crippen LogP contribution in [0.2, 0.25) is 5.02 Å². The van der Waals surface area contributed by atoms with E-state index in [2.05, 4.69) is 20.7 Å². The third-order valence-corrected chi connectivity index (χ3v) is 3.06. The fraction of sp³-hybridized carbons (Fsp3) is 0.231. The molecule has 0 saturated carbocycles. The third-order valence-electron chi connectivity index (χ3n) is 2.83. The largest absolute Gasteiger partial charge is 0.337 e. The van der Waals surface area contributed by atoms with Crippen molar-refractivity contribution in [3.63, 3.8) is 0 Å². The molecule has 0 aliphatic carbocycles. The lowest BCUT2D eigenvalue weighted by atomic mass is 10.2. The first kappa shape index (κ1) is 14.5. The van der Waals surface area contributed by atoms with Crippen molar-refractivity contribution in [1.29, 1.82) is 0 Å². The summed E-state index contributed by atoms with van der Waals surface area (Å²) in [6, 6.07) is 4.40. The maximum absolute atomic E-state index is 13.8. The number of anilines is 3. The molecule has 1 aromatic carbocycles. The van der Waals surface area contributed by atoms with Gasteiger partial charge < -0.3 is 10.7 Å². The van der Waals surface area contributed by atoms with Crippen LogP contribution in [-0.4, -0.2) is 9.97 Å². The Kier molecular flexibility index (Phi) is 4.36. The number of aromatic nitrogens is 2. The predicted molar refractivity (Wildman–Crippen MR) is 78.6 cm³/mol. The van der Waals surface area contributed by atoms with Gasteiger partial charge >= 0.3 is 0 Å². The van der Waals surface area contributed by atoms with Crippen LogP contribution in [0, 0.1) is 12.7 Å². The van der Waals surface area contributed by atoms with Crippen molar-refractivity contribution in [2.45, 2.75) is 20.3 Å². The first-order chi connectivity index (χ1) is 9.55. The molecule has 0 spiro atoms. The Bertz CT molecular complexity index is 632. The Labute approximate surface area is 121 Å². The zero-order valence-corrected chi connectivity index (χ0v) is 11.9. The number of nitrogens with zero attached hydrogens (tertiary/aromatic N) is 2. The molecule has 0 aliphatic heterocycles. The van der Waals surface area contributed by atoms with Crippen molar-refractivity contribution >= 4 is 28.9 Å². The maximum atomic E-state index is 13.8. The summed E-state index contributed by atoms with van der Waals surface area (Å²) in [4.78, 5) is 8.59. The predicted octanol–water partition coefficient (Wildman–Crippen LogP) is 3.17. The summed E-state index contributed by atoms with van der Waals surface area (Å²) in [6.07, 6.45) is 0.646. The van der Waals surface area contributed by atoms with E-state index >= 15 is 0 Å². The molecule has 0 saturated heterocycles. The quantitative estimate of drug-likeness (QED) is 0.596.